The van der Waals surface area contributed by atoms with E-state index in [1.165, 1.54) is 0 Å². The Balaban J connectivity index is 1.69. The number of hydrogen-bond donors (Lipinski definition) is 0. The highest BCUT2D eigenvalue weighted by molar-refractivity contribution is 6.30. The first-order valence-corrected chi connectivity index (χ1v) is 7.83. The van der Waals surface area contributed by atoms with Gasteiger partial charge in [-0.25, -0.2) is 0 Å². The molecule has 2 aromatic rings. The molecule has 0 N–H and O–H groups in total. The molecule has 1 aliphatic rings. The molecule has 0 aromatic heterocycles. The Morgan fingerprint density at radius 3 is 2.70 bits per heavy atom. The number of Topliss-reactive ketones (excluding diaryl/α,β-unsaturated/α-hetero) is 1. The number of rotatable bonds is 4. The zero-order chi connectivity index (χ0) is 16.2. The van der Waals surface area contributed by atoms with Crippen molar-refractivity contribution in [1.82, 2.24) is 0 Å². The molecule has 0 bridgehead atoms. The van der Waals surface area contributed by atoms with Gasteiger partial charge in [-0.15, -0.1) is 0 Å². The number of fused-ring (bicyclic) bond motifs is 1. The molecular weight excluding hydrogens is 316 g/mol. The lowest BCUT2D eigenvalue weighted by molar-refractivity contribution is 0.0920. The number of carbonyl (C=O) groups is 1. The lowest BCUT2D eigenvalue weighted by atomic mass is 10.1. The summed E-state index contributed by atoms with van der Waals surface area (Å²) in [5.41, 5.74) is 1.44. The number of carbonyl (C=O) groups excluding carboxylic acids is 1. The molecule has 0 fully saturated rings. The van der Waals surface area contributed by atoms with Gasteiger partial charge in [-0.3, -0.25) is 4.79 Å². The number of halogens is 1. The average molecular weight is 333 g/mol. The predicted octanol–water partition coefficient (Wildman–Crippen LogP) is 4.07. The van der Waals surface area contributed by atoms with Crippen molar-refractivity contribution in [1.29, 1.82) is 0 Å². The van der Waals surface area contributed by atoms with Crippen molar-refractivity contribution in [2.75, 3.05) is 19.8 Å². The summed E-state index contributed by atoms with van der Waals surface area (Å²) in [7, 11) is 0. The van der Waals surface area contributed by atoms with E-state index in [0.717, 1.165) is 12.0 Å². The quantitative estimate of drug-likeness (QED) is 0.792. The number of ether oxygens (including phenoxy) is 3. The van der Waals surface area contributed by atoms with Crippen LogP contribution in [0.5, 0.6) is 17.2 Å². The number of ketones is 1. The predicted molar refractivity (Wildman–Crippen MR) is 88.1 cm³/mol. The minimum absolute atomic E-state index is 0.0396. The van der Waals surface area contributed by atoms with E-state index in [9.17, 15) is 4.79 Å². The van der Waals surface area contributed by atoms with Crippen LogP contribution in [0.1, 0.15) is 22.3 Å². The van der Waals surface area contributed by atoms with Crippen LogP contribution in [-0.4, -0.2) is 25.6 Å². The Bertz CT molecular complexity index is 727. The number of aryl methyl sites for hydroxylation is 1. The van der Waals surface area contributed by atoms with Crippen LogP contribution >= 0.6 is 11.6 Å². The zero-order valence-electron chi connectivity index (χ0n) is 12.8. The smallest absolute Gasteiger partial charge is 0.200 e. The summed E-state index contributed by atoms with van der Waals surface area (Å²) < 4.78 is 16.8. The van der Waals surface area contributed by atoms with E-state index < -0.39 is 0 Å². The lowest BCUT2D eigenvalue weighted by Crippen LogP contribution is -2.12. The zero-order valence-corrected chi connectivity index (χ0v) is 13.6. The third-order valence-corrected chi connectivity index (χ3v) is 3.80. The molecule has 1 heterocycles. The fourth-order valence-electron chi connectivity index (χ4n) is 2.34. The van der Waals surface area contributed by atoms with Crippen molar-refractivity contribution in [2.24, 2.45) is 0 Å². The van der Waals surface area contributed by atoms with Crippen molar-refractivity contribution in [3.05, 3.63) is 52.5 Å². The SMILES string of the molecule is Cc1cc(Cl)ccc1OCC(=O)c1ccc2c(c1)OCCCO2. The van der Waals surface area contributed by atoms with E-state index >= 15 is 0 Å². The second-order valence-electron chi connectivity index (χ2n) is 5.33. The number of hydrogen-bond acceptors (Lipinski definition) is 4. The molecule has 5 heteroatoms. The summed E-state index contributed by atoms with van der Waals surface area (Å²) in [6.07, 6.45) is 0.830. The third kappa shape index (κ3) is 3.77. The van der Waals surface area contributed by atoms with Crippen LogP contribution in [0.2, 0.25) is 5.02 Å². The molecule has 0 unspecified atom stereocenters. The summed E-state index contributed by atoms with van der Waals surface area (Å²) in [6, 6.07) is 10.5. The minimum Gasteiger partial charge on any atom is -0.490 e. The molecule has 23 heavy (non-hydrogen) atoms. The van der Waals surface area contributed by atoms with Gasteiger partial charge in [-0.1, -0.05) is 11.6 Å². The Morgan fingerprint density at radius 1 is 1.13 bits per heavy atom. The molecule has 4 nitrogen and oxygen atoms in total. The van der Waals surface area contributed by atoms with Gasteiger partial charge in [-0.05, 0) is 48.9 Å². The van der Waals surface area contributed by atoms with Gasteiger partial charge in [0.1, 0.15) is 5.75 Å². The maximum absolute atomic E-state index is 12.3. The Kier molecular flexibility index (Phi) is 4.72. The first kappa shape index (κ1) is 15.7. The van der Waals surface area contributed by atoms with Crippen LogP contribution in [0.3, 0.4) is 0 Å². The summed E-state index contributed by atoms with van der Waals surface area (Å²) in [4.78, 5) is 12.3. The molecular formula is C18H17ClO4. The average Bonchev–Trinajstić information content (AvgIpc) is 2.78. The van der Waals surface area contributed by atoms with Gasteiger partial charge in [-0.2, -0.15) is 0 Å². The molecule has 3 rings (SSSR count). The lowest BCUT2D eigenvalue weighted by Gasteiger charge is -2.11. The fraction of sp³-hybridized carbons (Fsp3) is 0.278. The molecule has 0 spiro atoms. The van der Waals surface area contributed by atoms with Crippen LogP contribution in [0, 0.1) is 6.92 Å². The van der Waals surface area contributed by atoms with E-state index in [0.29, 0.717) is 41.0 Å². The Labute approximate surface area is 139 Å². The van der Waals surface area contributed by atoms with E-state index in [-0.39, 0.29) is 12.4 Å². The standard InChI is InChI=1S/C18H17ClO4/c1-12-9-14(19)4-6-16(12)23-11-15(20)13-3-5-17-18(10-13)22-8-2-7-21-17/h3-6,9-10H,2,7-8,11H2,1H3. The van der Waals surface area contributed by atoms with Crippen LogP contribution in [0.4, 0.5) is 0 Å². The highest BCUT2D eigenvalue weighted by Gasteiger charge is 2.15. The summed E-state index contributed by atoms with van der Waals surface area (Å²) in [5.74, 6) is 1.82. The van der Waals surface area contributed by atoms with E-state index in [2.05, 4.69) is 0 Å². The van der Waals surface area contributed by atoms with E-state index in [1.54, 1.807) is 36.4 Å². The van der Waals surface area contributed by atoms with Crippen LogP contribution in [0.25, 0.3) is 0 Å². The maximum Gasteiger partial charge on any atom is 0.200 e. The molecule has 0 atom stereocenters. The second-order valence-corrected chi connectivity index (χ2v) is 5.77. The van der Waals surface area contributed by atoms with Gasteiger partial charge in [0.15, 0.2) is 23.9 Å². The number of benzene rings is 2. The Hall–Kier alpha value is -2.20. The molecule has 1 aliphatic heterocycles. The van der Waals surface area contributed by atoms with Gasteiger partial charge in [0.2, 0.25) is 0 Å². The highest BCUT2D eigenvalue weighted by Crippen LogP contribution is 2.30. The first-order chi connectivity index (χ1) is 11.1. The van der Waals surface area contributed by atoms with Gasteiger partial charge in [0.25, 0.3) is 0 Å². The Morgan fingerprint density at radius 2 is 1.91 bits per heavy atom. The normalized spacial score (nSPS) is 13.3. The van der Waals surface area contributed by atoms with Crippen LogP contribution in [0.15, 0.2) is 36.4 Å². The minimum atomic E-state index is -0.116. The van der Waals surface area contributed by atoms with Crippen molar-refractivity contribution in [3.8, 4) is 17.2 Å². The van der Waals surface area contributed by atoms with Crippen LogP contribution in [-0.2, 0) is 0 Å². The van der Waals surface area contributed by atoms with Crippen molar-refractivity contribution >= 4 is 17.4 Å². The second kappa shape index (κ2) is 6.92. The molecule has 0 saturated heterocycles. The monoisotopic (exact) mass is 332 g/mol. The summed E-state index contributed by atoms with van der Waals surface area (Å²) in [6.45, 7) is 3.06. The third-order valence-electron chi connectivity index (χ3n) is 3.57. The molecule has 120 valence electrons. The molecule has 0 aliphatic carbocycles. The van der Waals surface area contributed by atoms with Crippen molar-refractivity contribution < 1.29 is 19.0 Å². The molecule has 0 amide bonds. The molecule has 0 saturated carbocycles. The summed E-state index contributed by atoms with van der Waals surface area (Å²) >= 11 is 5.91. The van der Waals surface area contributed by atoms with E-state index in [4.69, 9.17) is 25.8 Å². The molecule has 0 radical (unpaired) electrons. The van der Waals surface area contributed by atoms with Crippen LogP contribution < -0.4 is 14.2 Å². The fourth-order valence-corrected chi connectivity index (χ4v) is 2.56. The topological polar surface area (TPSA) is 44.8 Å². The molecule has 2 aromatic carbocycles. The van der Waals surface area contributed by atoms with E-state index in [1.807, 2.05) is 6.92 Å². The largest absolute Gasteiger partial charge is 0.490 e. The summed E-state index contributed by atoms with van der Waals surface area (Å²) in [5, 5.41) is 0.643. The van der Waals surface area contributed by atoms with Crippen molar-refractivity contribution in [2.45, 2.75) is 13.3 Å². The van der Waals surface area contributed by atoms with Crippen molar-refractivity contribution in [3.63, 3.8) is 0 Å². The van der Waals surface area contributed by atoms with Gasteiger partial charge in [0.05, 0.1) is 13.2 Å². The van der Waals surface area contributed by atoms with Gasteiger partial charge < -0.3 is 14.2 Å². The highest BCUT2D eigenvalue weighted by atomic mass is 35.5. The maximum atomic E-state index is 12.3. The first-order valence-electron chi connectivity index (χ1n) is 7.45. The van der Waals surface area contributed by atoms with Gasteiger partial charge in [0, 0.05) is 17.0 Å². The van der Waals surface area contributed by atoms with Gasteiger partial charge >= 0.3 is 0 Å².